The lowest BCUT2D eigenvalue weighted by Crippen LogP contribution is -2.45. The van der Waals surface area contributed by atoms with Crippen LogP contribution in [0.5, 0.6) is 0 Å². The predicted octanol–water partition coefficient (Wildman–Crippen LogP) is 5.42. The third-order valence-corrected chi connectivity index (χ3v) is 8.10. The fourth-order valence-corrected chi connectivity index (χ4v) is 5.97. The molecular weight excluding hydrogens is 454 g/mol. The summed E-state index contributed by atoms with van der Waals surface area (Å²) in [6, 6.07) is 13.7. The van der Waals surface area contributed by atoms with Crippen LogP contribution in [0, 0.1) is 26.7 Å². The zero-order valence-electron chi connectivity index (χ0n) is 18.9. The lowest BCUT2D eigenvalue weighted by atomic mass is 10.1. The minimum Gasteiger partial charge on any atom is -0.350 e. The fraction of sp³-hybridized carbons (Fsp3) is 0.346. The van der Waals surface area contributed by atoms with Crippen LogP contribution in [0.1, 0.15) is 49.8 Å². The van der Waals surface area contributed by atoms with Crippen LogP contribution in [0.15, 0.2) is 42.5 Å². The first-order valence-electron chi connectivity index (χ1n) is 11.2. The number of likely N-dealkylation sites (tertiary alicyclic amines) is 1. The molecule has 0 spiro atoms. The molecule has 5 rings (SSSR count). The molecule has 0 radical (unpaired) electrons. The van der Waals surface area contributed by atoms with Gasteiger partial charge in [0.25, 0.3) is 11.8 Å². The molecule has 0 bridgehead atoms. The summed E-state index contributed by atoms with van der Waals surface area (Å²) >= 11 is 7.74. The number of hydrogen-bond acceptors (Lipinski definition) is 4. The molecule has 2 amide bonds. The van der Waals surface area contributed by atoms with E-state index in [0.29, 0.717) is 28.7 Å². The number of carbonyl (C=O) groups is 2. The summed E-state index contributed by atoms with van der Waals surface area (Å²) in [5.41, 5.74) is 4.03. The third kappa shape index (κ3) is 4.18. The van der Waals surface area contributed by atoms with Gasteiger partial charge in [0.2, 0.25) is 0 Å². The van der Waals surface area contributed by atoms with E-state index in [1.807, 2.05) is 30.9 Å². The highest BCUT2D eigenvalue weighted by atomic mass is 35.5. The number of amides is 2. The molecule has 5 nitrogen and oxygen atoms in total. The maximum atomic E-state index is 13.7. The molecule has 170 valence electrons. The van der Waals surface area contributed by atoms with E-state index in [1.54, 1.807) is 29.5 Å². The molecule has 1 saturated heterocycles. The van der Waals surface area contributed by atoms with Gasteiger partial charge < -0.3 is 10.2 Å². The number of piperidine rings is 1. The second kappa shape index (κ2) is 8.58. The lowest BCUT2D eigenvalue weighted by molar-refractivity contribution is 0.0684. The molecule has 1 unspecified atom stereocenters. The van der Waals surface area contributed by atoms with Gasteiger partial charge in [-0.1, -0.05) is 47.5 Å². The van der Waals surface area contributed by atoms with E-state index in [2.05, 4.69) is 29.4 Å². The zero-order chi connectivity index (χ0) is 23.3. The third-order valence-electron chi connectivity index (χ3n) is 6.67. The molecule has 3 aromatic rings. The minimum atomic E-state index is -0.159. The average Bonchev–Trinajstić information content (AvgIpc) is 3.27. The predicted molar refractivity (Wildman–Crippen MR) is 132 cm³/mol. The van der Waals surface area contributed by atoms with Crippen LogP contribution in [0.3, 0.4) is 0 Å². The Morgan fingerprint density at radius 3 is 2.73 bits per heavy atom. The second-order valence-corrected chi connectivity index (χ2v) is 10.7. The summed E-state index contributed by atoms with van der Waals surface area (Å²) in [6.45, 7) is 6.26. The largest absolute Gasteiger partial charge is 0.350 e. The standard InChI is InChI=1S/C26H26ClN3O2S/c1-14-6-4-7-17(10-14)24-23(29-16(3)33-24)26(32)30-19(11-18-12-22(18)30)13-28-25(31)20-8-5-9-21(27)15(20)2/h4-10,18-19,22H,11-13H2,1-3H3,(H,28,31)/t18-,19+,22?/m1/s1. The number of rotatable bonds is 5. The van der Waals surface area contributed by atoms with E-state index < -0.39 is 0 Å². The van der Waals surface area contributed by atoms with Crippen molar-refractivity contribution < 1.29 is 9.59 Å². The molecule has 2 aliphatic rings. The maximum Gasteiger partial charge on any atom is 0.274 e. The first-order chi connectivity index (χ1) is 15.8. The molecule has 7 heteroatoms. The Morgan fingerprint density at radius 1 is 1.15 bits per heavy atom. The highest BCUT2D eigenvalue weighted by Gasteiger charge is 2.54. The molecule has 1 N–H and O–H groups in total. The van der Waals surface area contributed by atoms with Gasteiger partial charge in [0.05, 0.1) is 15.9 Å². The number of carbonyl (C=O) groups excluding carboxylic acids is 2. The molecule has 33 heavy (non-hydrogen) atoms. The van der Waals surface area contributed by atoms with Gasteiger partial charge in [-0.15, -0.1) is 11.3 Å². The Hall–Kier alpha value is -2.70. The Balaban J connectivity index is 1.36. The van der Waals surface area contributed by atoms with Gasteiger partial charge in [-0.05, 0) is 62.8 Å². The van der Waals surface area contributed by atoms with Crippen LogP contribution in [0.4, 0.5) is 0 Å². The van der Waals surface area contributed by atoms with Crippen molar-refractivity contribution in [1.29, 1.82) is 0 Å². The monoisotopic (exact) mass is 479 g/mol. The molecule has 2 aromatic carbocycles. The van der Waals surface area contributed by atoms with Crippen LogP contribution in [-0.2, 0) is 0 Å². The molecule has 2 fully saturated rings. The van der Waals surface area contributed by atoms with Crippen LogP contribution in [-0.4, -0.2) is 40.3 Å². The van der Waals surface area contributed by atoms with Gasteiger partial charge in [-0.25, -0.2) is 4.98 Å². The van der Waals surface area contributed by atoms with E-state index >= 15 is 0 Å². The van der Waals surface area contributed by atoms with Crippen molar-refractivity contribution in [2.75, 3.05) is 6.54 Å². The summed E-state index contributed by atoms with van der Waals surface area (Å²) in [5, 5.41) is 4.49. The van der Waals surface area contributed by atoms with Crippen LogP contribution in [0.2, 0.25) is 5.02 Å². The molecule has 1 aliphatic heterocycles. The number of halogens is 1. The topological polar surface area (TPSA) is 62.3 Å². The number of hydrogen-bond donors (Lipinski definition) is 1. The van der Waals surface area contributed by atoms with Gasteiger partial charge >= 0.3 is 0 Å². The zero-order valence-corrected chi connectivity index (χ0v) is 20.5. The number of fused-ring (bicyclic) bond motifs is 1. The van der Waals surface area contributed by atoms with E-state index in [4.69, 9.17) is 11.6 Å². The smallest absolute Gasteiger partial charge is 0.274 e. The lowest BCUT2D eigenvalue weighted by Gasteiger charge is -2.28. The molecular formula is C26H26ClN3O2S. The Labute approximate surface area is 202 Å². The van der Waals surface area contributed by atoms with Crippen LogP contribution < -0.4 is 5.32 Å². The SMILES string of the molecule is Cc1cccc(-c2sc(C)nc2C(=O)N2C3C[C@H]3C[C@H]2CNC(=O)c2cccc(Cl)c2C)c1. The highest BCUT2D eigenvalue weighted by Crippen LogP contribution is 2.48. The van der Waals surface area contributed by atoms with Gasteiger partial charge in [0, 0.05) is 23.2 Å². The normalized spacial score (nSPS) is 21.1. The summed E-state index contributed by atoms with van der Waals surface area (Å²) in [6.07, 6.45) is 1.95. The van der Waals surface area contributed by atoms with Crippen molar-refractivity contribution >= 4 is 34.8 Å². The molecule has 2 heterocycles. The van der Waals surface area contributed by atoms with Gasteiger partial charge in [-0.3, -0.25) is 9.59 Å². The van der Waals surface area contributed by atoms with Gasteiger partial charge in [-0.2, -0.15) is 0 Å². The quantitative estimate of drug-likeness (QED) is 0.531. The number of thiazole rings is 1. The number of aromatic nitrogens is 1. The summed E-state index contributed by atoms with van der Waals surface area (Å²) in [5.74, 6) is 0.331. The van der Waals surface area contributed by atoms with Crippen molar-refractivity contribution in [2.45, 2.75) is 45.7 Å². The number of nitrogens with one attached hydrogen (secondary N) is 1. The van der Waals surface area contributed by atoms with Crippen LogP contribution >= 0.6 is 22.9 Å². The summed E-state index contributed by atoms with van der Waals surface area (Å²) in [4.78, 5) is 34.1. The first-order valence-corrected chi connectivity index (χ1v) is 12.4. The van der Waals surface area contributed by atoms with E-state index in [0.717, 1.165) is 39.4 Å². The molecule has 1 saturated carbocycles. The average molecular weight is 480 g/mol. The molecule has 1 aliphatic carbocycles. The van der Waals surface area contributed by atoms with Crippen molar-refractivity contribution in [1.82, 2.24) is 15.2 Å². The molecule has 3 atom stereocenters. The fourth-order valence-electron chi connectivity index (χ4n) is 4.89. The Morgan fingerprint density at radius 2 is 1.94 bits per heavy atom. The molecule has 1 aromatic heterocycles. The van der Waals surface area contributed by atoms with E-state index in [9.17, 15) is 9.59 Å². The van der Waals surface area contributed by atoms with Crippen molar-refractivity contribution in [2.24, 2.45) is 5.92 Å². The van der Waals surface area contributed by atoms with Crippen molar-refractivity contribution in [3.63, 3.8) is 0 Å². The Kier molecular flexibility index (Phi) is 5.75. The van der Waals surface area contributed by atoms with Crippen molar-refractivity contribution in [3.8, 4) is 10.4 Å². The highest BCUT2D eigenvalue weighted by molar-refractivity contribution is 7.15. The summed E-state index contributed by atoms with van der Waals surface area (Å²) in [7, 11) is 0. The van der Waals surface area contributed by atoms with E-state index in [-0.39, 0.29) is 23.9 Å². The number of nitrogens with zero attached hydrogens (tertiary/aromatic N) is 2. The van der Waals surface area contributed by atoms with Crippen molar-refractivity contribution in [3.05, 3.63) is 74.9 Å². The number of benzene rings is 2. The maximum absolute atomic E-state index is 13.7. The van der Waals surface area contributed by atoms with Gasteiger partial charge in [0.15, 0.2) is 0 Å². The first kappa shape index (κ1) is 22.1. The second-order valence-electron chi connectivity index (χ2n) is 9.07. The minimum absolute atomic E-state index is 0.0287. The van der Waals surface area contributed by atoms with E-state index in [1.165, 1.54) is 0 Å². The van der Waals surface area contributed by atoms with Gasteiger partial charge in [0.1, 0.15) is 5.69 Å². The van der Waals surface area contributed by atoms with Crippen LogP contribution in [0.25, 0.3) is 10.4 Å². The summed E-state index contributed by atoms with van der Waals surface area (Å²) < 4.78 is 0. The Bertz CT molecular complexity index is 1250. The number of aryl methyl sites for hydroxylation is 2.